The molecule has 0 fully saturated rings. The Kier molecular flexibility index (Phi) is 3.56. The molecule has 1 aromatic carbocycles. The monoisotopic (exact) mass is 253 g/mol. The van der Waals surface area contributed by atoms with E-state index < -0.39 is 0 Å². The number of rotatable bonds is 4. The lowest BCUT2D eigenvalue weighted by Crippen LogP contribution is -2.00. The lowest BCUT2D eigenvalue weighted by Gasteiger charge is -2.02. The van der Waals surface area contributed by atoms with Crippen LogP contribution in [-0.4, -0.2) is 20.7 Å². The summed E-state index contributed by atoms with van der Waals surface area (Å²) < 4.78 is 9.80. The second-order valence-electron chi connectivity index (χ2n) is 3.08. The maximum absolute atomic E-state index is 8.51. The summed E-state index contributed by atoms with van der Waals surface area (Å²) in [5.41, 5.74) is 1.02. The zero-order chi connectivity index (χ0) is 12.1. The molecule has 0 saturated carbocycles. The van der Waals surface area contributed by atoms with Crippen molar-refractivity contribution in [3.8, 4) is 5.88 Å². The van der Waals surface area contributed by atoms with Gasteiger partial charge in [0.15, 0.2) is 0 Å². The van der Waals surface area contributed by atoms with Crippen LogP contribution in [0.2, 0.25) is 0 Å². The summed E-state index contributed by atoms with van der Waals surface area (Å²) in [5, 5.41) is 18.0. The SMILES string of the molecule is ON=C(Cl)c1nonc1OCc1ccccc1. The average molecular weight is 254 g/mol. The van der Waals surface area contributed by atoms with E-state index in [1.165, 1.54) is 0 Å². The van der Waals surface area contributed by atoms with Gasteiger partial charge in [-0.3, -0.25) is 0 Å². The van der Waals surface area contributed by atoms with Crippen molar-refractivity contribution in [2.75, 3.05) is 0 Å². The Morgan fingerprint density at radius 1 is 1.35 bits per heavy atom. The van der Waals surface area contributed by atoms with E-state index in [1.807, 2.05) is 30.3 Å². The number of nitrogens with zero attached hydrogens (tertiary/aromatic N) is 3. The second-order valence-corrected chi connectivity index (χ2v) is 3.44. The highest BCUT2D eigenvalue weighted by atomic mass is 35.5. The summed E-state index contributed by atoms with van der Waals surface area (Å²) in [4.78, 5) is 0. The molecule has 0 aliphatic heterocycles. The van der Waals surface area contributed by atoms with Gasteiger partial charge in [0.05, 0.1) is 0 Å². The lowest BCUT2D eigenvalue weighted by atomic mass is 10.2. The minimum absolute atomic E-state index is 0.0603. The second kappa shape index (κ2) is 5.31. The quantitative estimate of drug-likeness (QED) is 0.512. The Morgan fingerprint density at radius 3 is 2.82 bits per heavy atom. The molecule has 88 valence electrons. The summed E-state index contributed by atoms with van der Waals surface area (Å²) in [7, 11) is 0. The molecular weight excluding hydrogens is 246 g/mol. The zero-order valence-electron chi connectivity index (χ0n) is 8.58. The van der Waals surface area contributed by atoms with Crippen molar-refractivity contribution >= 4 is 16.8 Å². The fraction of sp³-hybridized carbons (Fsp3) is 0.100. The Labute approximate surface area is 101 Å². The highest BCUT2D eigenvalue weighted by Crippen LogP contribution is 2.17. The van der Waals surface area contributed by atoms with Crippen molar-refractivity contribution in [2.24, 2.45) is 5.16 Å². The van der Waals surface area contributed by atoms with Crippen molar-refractivity contribution < 1.29 is 14.6 Å². The molecule has 0 radical (unpaired) electrons. The van der Waals surface area contributed by atoms with Gasteiger partial charge in [-0.25, -0.2) is 4.63 Å². The fourth-order valence-electron chi connectivity index (χ4n) is 1.17. The van der Waals surface area contributed by atoms with Gasteiger partial charge in [-0.1, -0.05) is 47.1 Å². The van der Waals surface area contributed by atoms with Gasteiger partial charge in [-0.2, -0.15) is 0 Å². The van der Waals surface area contributed by atoms with Gasteiger partial charge in [0, 0.05) is 0 Å². The third-order valence-corrected chi connectivity index (χ3v) is 2.21. The van der Waals surface area contributed by atoms with Crippen LogP contribution >= 0.6 is 11.6 Å². The first kappa shape index (κ1) is 11.4. The third kappa shape index (κ3) is 2.73. The van der Waals surface area contributed by atoms with Crippen molar-refractivity contribution in [3.63, 3.8) is 0 Å². The maximum Gasteiger partial charge on any atom is 0.287 e. The van der Waals surface area contributed by atoms with E-state index in [0.717, 1.165) is 5.56 Å². The van der Waals surface area contributed by atoms with Gasteiger partial charge in [-0.15, -0.1) is 0 Å². The predicted molar refractivity (Wildman–Crippen MR) is 59.2 cm³/mol. The molecule has 1 heterocycles. The topological polar surface area (TPSA) is 80.7 Å². The van der Waals surface area contributed by atoms with Crippen molar-refractivity contribution in [2.45, 2.75) is 6.61 Å². The number of hydrogen-bond donors (Lipinski definition) is 1. The van der Waals surface area contributed by atoms with Crippen LogP contribution in [0.25, 0.3) is 0 Å². The molecule has 0 unspecified atom stereocenters. The van der Waals surface area contributed by atoms with Gasteiger partial charge in [0.1, 0.15) is 6.61 Å². The van der Waals surface area contributed by atoms with E-state index in [9.17, 15) is 0 Å². The Bertz CT molecular complexity index is 513. The largest absolute Gasteiger partial charge is 0.469 e. The molecule has 0 aliphatic carbocycles. The summed E-state index contributed by atoms with van der Waals surface area (Å²) in [6.45, 7) is 0.289. The highest BCUT2D eigenvalue weighted by Gasteiger charge is 2.16. The average Bonchev–Trinajstić information content (AvgIpc) is 2.85. The van der Waals surface area contributed by atoms with Gasteiger partial charge in [0.25, 0.3) is 5.88 Å². The first-order chi connectivity index (χ1) is 8.31. The molecule has 0 atom stereocenters. The normalized spacial score (nSPS) is 11.5. The fourth-order valence-corrected chi connectivity index (χ4v) is 1.29. The van der Waals surface area contributed by atoms with Gasteiger partial charge >= 0.3 is 0 Å². The van der Waals surface area contributed by atoms with Crippen LogP contribution in [0.15, 0.2) is 40.1 Å². The smallest absolute Gasteiger partial charge is 0.287 e. The molecular formula is C10H8ClN3O3. The molecule has 1 N–H and O–H groups in total. The number of ether oxygens (including phenoxy) is 1. The van der Waals surface area contributed by atoms with E-state index in [-0.39, 0.29) is 23.4 Å². The maximum atomic E-state index is 8.51. The summed E-state index contributed by atoms with van der Waals surface area (Å²) in [6.07, 6.45) is 0. The van der Waals surface area contributed by atoms with Crippen molar-refractivity contribution in [1.29, 1.82) is 0 Å². The van der Waals surface area contributed by atoms with Crippen molar-refractivity contribution in [3.05, 3.63) is 41.6 Å². The molecule has 0 spiro atoms. The summed E-state index contributed by atoms with van der Waals surface area (Å²) >= 11 is 5.58. The Balaban J connectivity index is 2.07. The number of benzene rings is 1. The van der Waals surface area contributed by atoms with E-state index >= 15 is 0 Å². The molecule has 7 heteroatoms. The standard InChI is InChI=1S/C10H8ClN3O3/c11-9(12-15)8-10(14-17-13-8)16-6-7-4-2-1-3-5-7/h1-5,15H,6H2. The summed E-state index contributed by atoms with van der Waals surface area (Å²) in [5.74, 6) is 0.0802. The van der Waals surface area contributed by atoms with Crippen LogP contribution in [0.5, 0.6) is 5.88 Å². The van der Waals surface area contributed by atoms with Crippen LogP contribution < -0.4 is 4.74 Å². The van der Waals surface area contributed by atoms with Crippen LogP contribution in [0.1, 0.15) is 11.3 Å². The Hall–Kier alpha value is -2.08. The van der Waals surface area contributed by atoms with Gasteiger partial charge in [0.2, 0.25) is 10.9 Å². The van der Waals surface area contributed by atoms with Crippen LogP contribution in [0, 0.1) is 0 Å². The van der Waals surface area contributed by atoms with E-state index in [0.29, 0.717) is 0 Å². The van der Waals surface area contributed by atoms with E-state index in [2.05, 4.69) is 20.1 Å². The van der Waals surface area contributed by atoms with Gasteiger partial charge in [-0.05, 0) is 15.9 Å². The minimum Gasteiger partial charge on any atom is -0.469 e. The Morgan fingerprint density at radius 2 is 2.12 bits per heavy atom. The molecule has 2 aromatic rings. The summed E-state index contributed by atoms with van der Waals surface area (Å²) in [6, 6.07) is 9.48. The highest BCUT2D eigenvalue weighted by molar-refractivity contribution is 6.69. The first-order valence-electron chi connectivity index (χ1n) is 4.68. The van der Waals surface area contributed by atoms with Crippen LogP contribution in [-0.2, 0) is 6.61 Å². The van der Waals surface area contributed by atoms with E-state index in [1.54, 1.807) is 0 Å². The molecule has 0 bridgehead atoms. The third-order valence-electron chi connectivity index (χ3n) is 1.96. The van der Waals surface area contributed by atoms with Gasteiger partial charge < -0.3 is 9.94 Å². The molecule has 6 nitrogen and oxygen atoms in total. The molecule has 0 saturated heterocycles. The van der Waals surface area contributed by atoms with Crippen LogP contribution in [0.4, 0.5) is 0 Å². The number of aromatic nitrogens is 2. The number of hydrogen-bond acceptors (Lipinski definition) is 6. The first-order valence-corrected chi connectivity index (χ1v) is 5.06. The molecule has 17 heavy (non-hydrogen) atoms. The molecule has 0 aliphatic rings. The molecule has 0 amide bonds. The molecule has 1 aromatic heterocycles. The van der Waals surface area contributed by atoms with Crippen molar-refractivity contribution in [1.82, 2.24) is 10.3 Å². The number of halogens is 1. The molecule has 2 rings (SSSR count). The van der Waals surface area contributed by atoms with E-state index in [4.69, 9.17) is 21.5 Å². The van der Waals surface area contributed by atoms with Crippen LogP contribution in [0.3, 0.4) is 0 Å². The lowest BCUT2D eigenvalue weighted by molar-refractivity contribution is 0.249. The zero-order valence-corrected chi connectivity index (χ0v) is 9.33. The minimum atomic E-state index is -0.241. The predicted octanol–water partition coefficient (Wildman–Crippen LogP) is 2.02. The number of oxime groups is 1.